The van der Waals surface area contributed by atoms with Crippen LogP contribution in [-0.2, 0) is 6.42 Å². The lowest BCUT2D eigenvalue weighted by Crippen LogP contribution is -2.42. The minimum absolute atomic E-state index is 0.481. The van der Waals surface area contributed by atoms with Crippen molar-refractivity contribution < 1.29 is 0 Å². The molecular weight excluding hydrogens is 244 g/mol. The molecule has 2 rings (SSSR count). The predicted octanol–water partition coefficient (Wildman–Crippen LogP) is 1.38. The summed E-state index contributed by atoms with van der Waals surface area (Å²) in [6, 6.07) is 4.56. The molecule has 1 aromatic heterocycles. The summed E-state index contributed by atoms with van der Waals surface area (Å²) in [5.41, 5.74) is 7.21. The maximum atomic E-state index is 5.96. The van der Waals surface area contributed by atoms with Crippen molar-refractivity contribution >= 4 is 17.7 Å². The number of guanidine groups is 1. The van der Waals surface area contributed by atoms with E-state index in [-0.39, 0.29) is 0 Å². The highest BCUT2D eigenvalue weighted by molar-refractivity contribution is 7.98. The summed E-state index contributed by atoms with van der Waals surface area (Å²) in [6.45, 7) is 1.78. The van der Waals surface area contributed by atoms with Crippen LogP contribution in [0.1, 0.15) is 12.0 Å². The Morgan fingerprint density at radius 1 is 1.56 bits per heavy atom. The molecule has 4 nitrogen and oxygen atoms in total. The second-order valence-corrected chi connectivity index (χ2v) is 5.42. The highest BCUT2D eigenvalue weighted by Gasteiger charge is 2.24. The van der Waals surface area contributed by atoms with Crippen molar-refractivity contribution in [2.24, 2.45) is 10.7 Å². The van der Waals surface area contributed by atoms with Crippen molar-refractivity contribution in [3.8, 4) is 0 Å². The van der Waals surface area contributed by atoms with Gasteiger partial charge in [0.05, 0.1) is 12.6 Å². The van der Waals surface area contributed by atoms with Crippen LogP contribution in [0.5, 0.6) is 0 Å². The van der Waals surface area contributed by atoms with E-state index in [2.05, 4.69) is 27.2 Å². The molecule has 1 aliphatic heterocycles. The fraction of sp³-hybridized carbons (Fsp3) is 0.538. The molecule has 0 bridgehead atoms. The summed E-state index contributed by atoms with van der Waals surface area (Å²) in [5, 5.41) is 0. The van der Waals surface area contributed by atoms with Crippen molar-refractivity contribution in [3.63, 3.8) is 0 Å². The number of aromatic nitrogens is 1. The first-order chi connectivity index (χ1) is 8.81. The van der Waals surface area contributed by atoms with E-state index in [0.29, 0.717) is 12.0 Å². The molecule has 0 amide bonds. The lowest BCUT2D eigenvalue weighted by molar-refractivity contribution is 0.337. The van der Waals surface area contributed by atoms with E-state index in [1.165, 1.54) is 5.56 Å². The molecule has 1 atom stereocenters. The highest BCUT2D eigenvalue weighted by Crippen LogP contribution is 2.15. The van der Waals surface area contributed by atoms with Crippen LogP contribution in [0.15, 0.2) is 29.5 Å². The van der Waals surface area contributed by atoms with Gasteiger partial charge < -0.3 is 10.6 Å². The molecule has 1 aromatic rings. The average molecular weight is 264 g/mol. The van der Waals surface area contributed by atoms with Gasteiger partial charge in [-0.3, -0.25) is 9.98 Å². The number of rotatable bonds is 6. The largest absolute Gasteiger partial charge is 0.370 e. The zero-order valence-corrected chi connectivity index (χ0v) is 11.6. The fourth-order valence-electron chi connectivity index (χ4n) is 2.17. The van der Waals surface area contributed by atoms with Gasteiger partial charge in [-0.25, -0.2) is 0 Å². The third kappa shape index (κ3) is 3.38. The van der Waals surface area contributed by atoms with E-state index in [1.54, 1.807) is 6.20 Å². The molecule has 1 aliphatic rings. The number of nitrogens with two attached hydrogens (primary N) is 1. The Labute approximate surface area is 113 Å². The van der Waals surface area contributed by atoms with Gasteiger partial charge in [0.25, 0.3) is 0 Å². The highest BCUT2D eigenvalue weighted by atomic mass is 32.2. The van der Waals surface area contributed by atoms with E-state index in [0.717, 1.165) is 31.7 Å². The number of aliphatic imine (C=N–C) groups is 1. The zero-order chi connectivity index (χ0) is 12.8. The zero-order valence-electron chi connectivity index (χ0n) is 10.7. The fourth-order valence-corrected chi connectivity index (χ4v) is 2.68. The lowest BCUT2D eigenvalue weighted by Gasteiger charge is -2.26. The normalized spacial score (nSPS) is 19.1. The summed E-state index contributed by atoms with van der Waals surface area (Å²) < 4.78 is 0. The minimum atomic E-state index is 0.481. The van der Waals surface area contributed by atoms with Gasteiger partial charge in [0.15, 0.2) is 5.96 Å². The second-order valence-electron chi connectivity index (χ2n) is 4.44. The third-order valence-corrected chi connectivity index (χ3v) is 3.86. The Morgan fingerprint density at radius 2 is 2.44 bits per heavy atom. The second kappa shape index (κ2) is 6.64. The third-order valence-electron chi connectivity index (χ3n) is 3.22. The molecule has 2 N–H and O–H groups in total. The van der Waals surface area contributed by atoms with Crippen molar-refractivity contribution in [1.82, 2.24) is 9.88 Å². The summed E-state index contributed by atoms with van der Waals surface area (Å²) in [6.07, 6.45) is 7.98. The molecule has 0 spiro atoms. The van der Waals surface area contributed by atoms with Crippen LogP contribution in [0, 0.1) is 0 Å². The number of hydrogen-bond donors (Lipinski definition) is 1. The Balaban J connectivity index is 1.87. The Kier molecular flexibility index (Phi) is 4.87. The molecule has 0 saturated heterocycles. The monoisotopic (exact) mass is 264 g/mol. The van der Waals surface area contributed by atoms with Crippen LogP contribution in [0.4, 0.5) is 0 Å². The molecular formula is C13H20N4S. The van der Waals surface area contributed by atoms with Crippen molar-refractivity contribution in [2.75, 3.05) is 25.1 Å². The van der Waals surface area contributed by atoms with Crippen LogP contribution in [-0.4, -0.2) is 47.0 Å². The number of nitrogens with zero attached hydrogens (tertiary/aromatic N) is 3. The Morgan fingerprint density at radius 3 is 3.17 bits per heavy atom. The molecule has 0 saturated carbocycles. The van der Waals surface area contributed by atoms with Crippen LogP contribution in [0.3, 0.4) is 0 Å². The summed E-state index contributed by atoms with van der Waals surface area (Å²) >= 11 is 1.88. The molecule has 0 aliphatic carbocycles. The van der Waals surface area contributed by atoms with Gasteiger partial charge in [-0.2, -0.15) is 11.8 Å². The predicted molar refractivity (Wildman–Crippen MR) is 77.9 cm³/mol. The minimum Gasteiger partial charge on any atom is -0.370 e. The van der Waals surface area contributed by atoms with Crippen molar-refractivity contribution in [2.45, 2.75) is 18.9 Å². The molecule has 0 aromatic carbocycles. The van der Waals surface area contributed by atoms with E-state index in [9.17, 15) is 0 Å². The molecule has 0 radical (unpaired) electrons. The van der Waals surface area contributed by atoms with Gasteiger partial charge in [0.1, 0.15) is 0 Å². The number of pyridine rings is 1. The molecule has 0 fully saturated rings. The molecule has 98 valence electrons. The summed E-state index contributed by atoms with van der Waals surface area (Å²) in [4.78, 5) is 10.7. The quantitative estimate of drug-likeness (QED) is 0.843. The first kappa shape index (κ1) is 13.2. The standard InChI is InChI=1S/C13H20N4S/c1-18-8-5-12-10-16-13(14)17(12)7-4-11-3-2-6-15-9-11/h2-3,6,9,12H,4-5,7-8,10H2,1H3,(H2,14,16)/t12-/m0/s1. The molecule has 18 heavy (non-hydrogen) atoms. The first-order valence-electron chi connectivity index (χ1n) is 6.25. The van der Waals surface area contributed by atoms with E-state index in [1.807, 2.05) is 24.0 Å². The van der Waals surface area contributed by atoms with Crippen LogP contribution >= 0.6 is 11.8 Å². The van der Waals surface area contributed by atoms with Gasteiger partial charge in [0, 0.05) is 18.9 Å². The van der Waals surface area contributed by atoms with Gasteiger partial charge >= 0.3 is 0 Å². The maximum absolute atomic E-state index is 5.96. The lowest BCUT2D eigenvalue weighted by atomic mass is 10.1. The van der Waals surface area contributed by atoms with Crippen molar-refractivity contribution in [1.29, 1.82) is 0 Å². The van der Waals surface area contributed by atoms with E-state index < -0.39 is 0 Å². The van der Waals surface area contributed by atoms with Gasteiger partial charge in [-0.1, -0.05) is 6.07 Å². The van der Waals surface area contributed by atoms with Crippen LogP contribution in [0.25, 0.3) is 0 Å². The molecule has 5 heteroatoms. The number of hydrogen-bond acceptors (Lipinski definition) is 5. The first-order valence-corrected chi connectivity index (χ1v) is 7.65. The van der Waals surface area contributed by atoms with Gasteiger partial charge in [-0.05, 0) is 36.5 Å². The van der Waals surface area contributed by atoms with E-state index in [4.69, 9.17) is 5.73 Å². The maximum Gasteiger partial charge on any atom is 0.191 e. The van der Waals surface area contributed by atoms with E-state index >= 15 is 0 Å². The molecule has 2 heterocycles. The summed E-state index contributed by atoms with van der Waals surface area (Å²) in [5.74, 6) is 1.86. The smallest absolute Gasteiger partial charge is 0.191 e. The topological polar surface area (TPSA) is 54.5 Å². The van der Waals surface area contributed by atoms with Crippen LogP contribution in [0.2, 0.25) is 0 Å². The Hall–Kier alpha value is -1.23. The van der Waals surface area contributed by atoms with Gasteiger partial charge in [0.2, 0.25) is 0 Å². The average Bonchev–Trinajstić information content (AvgIpc) is 2.76. The van der Waals surface area contributed by atoms with Crippen LogP contribution < -0.4 is 5.73 Å². The van der Waals surface area contributed by atoms with Gasteiger partial charge in [-0.15, -0.1) is 0 Å². The molecule has 0 unspecified atom stereocenters. The summed E-state index contributed by atoms with van der Waals surface area (Å²) in [7, 11) is 0. The number of thioether (sulfide) groups is 1. The SMILES string of the molecule is CSCC[C@H]1CN=C(N)N1CCc1cccnc1. The Bertz CT molecular complexity index is 393. The van der Waals surface area contributed by atoms with Crippen molar-refractivity contribution in [3.05, 3.63) is 30.1 Å².